The molecule has 0 amide bonds. The van der Waals surface area contributed by atoms with Crippen molar-refractivity contribution in [3.8, 4) is 11.5 Å². The molecule has 2 heterocycles. The molecule has 0 aliphatic rings. The number of nitrogens with one attached hydrogen (secondary N) is 1. The molecule has 0 radical (unpaired) electrons. The first-order chi connectivity index (χ1) is 7.48. The lowest BCUT2D eigenvalue weighted by atomic mass is 10.3. The zero-order valence-electron chi connectivity index (χ0n) is 7.55. The van der Waals surface area contributed by atoms with E-state index in [1.807, 2.05) is 0 Å². The Labute approximate surface area is 104 Å². The first-order valence-corrected chi connectivity index (χ1v) is 7.06. The van der Waals surface area contributed by atoms with Gasteiger partial charge in [-0.05, 0) is 28.1 Å². The van der Waals surface area contributed by atoms with Crippen LogP contribution >= 0.6 is 26.6 Å². The van der Waals surface area contributed by atoms with Crippen molar-refractivity contribution in [1.82, 2.24) is 20.2 Å². The van der Waals surface area contributed by atoms with Crippen LogP contribution in [-0.2, 0) is 9.05 Å². The third kappa shape index (κ3) is 2.23. The van der Waals surface area contributed by atoms with Gasteiger partial charge in [0.05, 0.1) is 0 Å². The number of nitrogens with zero attached hydrogens (tertiary/aromatic N) is 3. The molecular formula is C7H4BrClN4O2S. The van der Waals surface area contributed by atoms with Crippen LogP contribution in [-0.4, -0.2) is 28.6 Å². The average Bonchev–Trinajstić information content (AvgIpc) is 2.66. The fourth-order valence-electron chi connectivity index (χ4n) is 1.01. The summed E-state index contributed by atoms with van der Waals surface area (Å²) in [5.41, 5.74) is 0.435. The quantitative estimate of drug-likeness (QED) is 0.847. The van der Waals surface area contributed by atoms with Gasteiger partial charge in [0.1, 0.15) is 5.69 Å². The fraction of sp³-hybridized carbons (Fsp3) is 0. The number of aromatic nitrogens is 4. The Bertz CT molecular complexity index is 627. The Kier molecular flexibility index (Phi) is 2.96. The van der Waals surface area contributed by atoms with Crippen LogP contribution in [0.15, 0.2) is 28.0 Å². The summed E-state index contributed by atoms with van der Waals surface area (Å²) in [5, 5.41) is 5.55. The van der Waals surface area contributed by atoms with Crippen molar-refractivity contribution >= 4 is 35.7 Å². The molecule has 0 unspecified atom stereocenters. The van der Waals surface area contributed by atoms with Crippen LogP contribution in [0.1, 0.15) is 0 Å². The van der Waals surface area contributed by atoms with Crippen LogP contribution in [0.25, 0.3) is 11.5 Å². The first-order valence-electron chi connectivity index (χ1n) is 3.96. The highest BCUT2D eigenvalue weighted by Crippen LogP contribution is 2.23. The zero-order chi connectivity index (χ0) is 11.8. The van der Waals surface area contributed by atoms with Gasteiger partial charge in [0.2, 0.25) is 5.82 Å². The van der Waals surface area contributed by atoms with Crippen molar-refractivity contribution in [3.05, 3.63) is 22.8 Å². The Hall–Kier alpha value is -0.990. The largest absolute Gasteiger partial charge is 0.296 e. The van der Waals surface area contributed by atoms with Crippen molar-refractivity contribution in [2.24, 2.45) is 0 Å². The predicted octanol–water partition coefficient (Wildman–Crippen LogP) is 1.56. The minimum atomic E-state index is -3.90. The molecule has 0 aliphatic heterocycles. The van der Waals surface area contributed by atoms with Gasteiger partial charge in [0, 0.05) is 21.4 Å². The Balaban J connectivity index is 2.52. The Morgan fingerprint density at radius 1 is 1.44 bits per heavy atom. The predicted molar refractivity (Wildman–Crippen MR) is 60.4 cm³/mol. The molecule has 0 spiro atoms. The van der Waals surface area contributed by atoms with Gasteiger partial charge in [-0.15, -0.1) is 0 Å². The van der Waals surface area contributed by atoms with Crippen LogP contribution in [0.5, 0.6) is 0 Å². The second-order valence-electron chi connectivity index (χ2n) is 2.74. The summed E-state index contributed by atoms with van der Waals surface area (Å²) in [6, 6.07) is 3.47. The van der Waals surface area contributed by atoms with E-state index in [0.29, 0.717) is 10.2 Å². The Morgan fingerprint density at radius 3 is 2.75 bits per heavy atom. The molecule has 2 rings (SSSR count). The van der Waals surface area contributed by atoms with Crippen molar-refractivity contribution in [2.45, 2.75) is 5.16 Å². The molecule has 0 atom stereocenters. The fourth-order valence-corrected chi connectivity index (χ4v) is 2.00. The number of rotatable bonds is 2. The number of halogens is 2. The van der Waals surface area contributed by atoms with Gasteiger partial charge in [-0.1, -0.05) is 0 Å². The van der Waals surface area contributed by atoms with E-state index in [-0.39, 0.29) is 5.82 Å². The van der Waals surface area contributed by atoms with E-state index in [4.69, 9.17) is 10.7 Å². The Morgan fingerprint density at radius 2 is 2.19 bits per heavy atom. The second-order valence-corrected chi connectivity index (χ2v) is 6.07. The summed E-state index contributed by atoms with van der Waals surface area (Å²) in [7, 11) is 1.20. The van der Waals surface area contributed by atoms with E-state index in [1.165, 1.54) is 0 Å². The maximum absolute atomic E-state index is 11.0. The molecule has 9 heteroatoms. The molecule has 16 heavy (non-hydrogen) atoms. The van der Waals surface area contributed by atoms with E-state index in [2.05, 4.69) is 36.1 Å². The molecule has 0 fully saturated rings. The van der Waals surface area contributed by atoms with Gasteiger partial charge in [0.25, 0.3) is 14.2 Å². The average molecular weight is 324 g/mol. The van der Waals surface area contributed by atoms with Gasteiger partial charge >= 0.3 is 0 Å². The second kappa shape index (κ2) is 4.11. The molecule has 0 aromatic carbocycles. The monoisotopic (exact) mass is 322 g/mol. The minimum absolute atomic E-state index is 0.159. The van der Waals surface area contributed by atoms with Crippen LogP contribution in [0.2, 0.25) is 0 Å². The van der Waals surface area contributed by atoms with Crippen LogP contribution in [0, 0.1) is 0 Å². The van der Waals surface area contributed by atoms with Crippen molar-refractivity contribution in [1.29, 1.82) is 0 Å². The van der Waals surface area contributed by atoms with Crippen LogP contribution in [0.3, 0.4) is 0 Å². The normalized spacial score (nSPS) is 11.6. The number of aromatic amines is 1. The summed E-state index contributed by atoms with van der Waals surface area (Å²) in [6.45, 7) is 0. The number of hydrogen-bond donors (Lipinski definition) is 1. The third-order valence-corrected chi connectivity index (χ3v) is 3.39. The first kappa shape index (κ1) is 11.5. The lowest BCUT2D eigenvalue weighted by Gasteiger charge is -1.95. The number of hydrogen-bond acceptors (Lipinski definition) is 5. The highest BCUT2D eigenvalue weighted by molar-refractivity contribution is 9.10. The van der Waals surface area contributed by atoms with E-state index >= 15 is 0 Å². The molecule has 2 aromatic heterocycles. The molecular weight excluding hydrogens is 320 g/mol. The summed E-state index contributed by atoms with van der Waals surface area (Å²) >= 11 is 3.25. The van der Waals surface area contributed by atoms with E-state index in [0.717, 1.165) is 0 Å². The lowest BCUT2D eigenvalue weighted by molar-refractivity contribution is 0.602. The van der Waals surface area contributed by atoms with E-state index in [9.17, 15) is 8.42 Å². The topological polar surface area (TPSA) is 88.6 Å². The molecule has 84 valence electrons. The standard InChI is InChI=1S/C7H4BrClN4O2S/c8-4-2-1-3-10-5(4)6-11-7(13-12-6)16(9,14)15/h1-3H,(H,11,12,13). The molecule has 0 aliphatic carbocycles. The van der Waals surface area contributed by atoms with E-state index in [1.54, 1.807) is 18.3 Å². The maximum Gasteiger partial charge on any atom is 0.296 e. The highest BCUT2D eigenvalue weighted by atomic mass is 79.9. The summed E-state index contributed by atoms with van der Waals surface area (Å²) in [5.74, 6) is 0.159. The van der Waals surface area contributed by atoms with Crippen LogP contribution in [0.4, 0.5) is 0 Å². The smallest absolute Gasteiger partial charge is 0.252 e. The molecule has 0 saturated carbocycles. The van der Waals surface area contributed by atoms with Crippen molar-refractivity contribution in [2.75, 3.05) is 0 Å². The van der Waals surface area contributed by atoms with Gasteiger partial charge in [-0.2, -0.15) is 10.1 Å². The van der Waals surface area contributed by atoms with E-state index < -0.39 is 14.2 Å². The third-order valence-electron chi connectivity index (χ3n) is 1.67. The van der Waals surface area contributed by atoms with Crippen molar-refractivity contribution in [3.63, 3.8) is 0 Å². The highest BCUT2D eigenvalue weighted by Gasteiger charge is 2.18. The van der Waals surface area contributed by atoms with Crippen molar-refractivity contribution < 1.29 is 8.42 Å². The summed E-state index contributed by atoms with van der Waals surface area (Å²) < 4.78 is 22.6. The summed E-state index contributed by atoms with van der Waals surface area (Å²) in [4.78, 5) is 7.75. The van der Waals surface area contributed by atoms with Gasteiger partial charge in [-0.25, -0.2) is 13.5 Å². The van der Waals surface area contributed by atoms with Crippen LogP contribution < -0.4 is 0 Å². The molecule has 0 saturated heterocycles. The number of H-pyrrole nitrogens is 1. The molecule has 2 aromatic rings. The number of pyridine rings is 1. The van der Waals surface area contributed by atoms with Gasteiger partial charge in [-0.3, -0.25) is 4.98 Å². The molecule has 0 bridgehead atoms. The summed E-state index contributed by atoms with van der Waals surface area (Å²) in [6.07, 6.45) is 1.55. The zero-order valence-corrected chi connectivity index (χ0v) is 10.7. The van der Waals surface area contributed by atoms with Gasteiger partial charge in [0.15, 0.2) is 0 Å². The minimum Gasteiger partial charge on any atom is -0.252 e. The molecule has 6 nitrogen and oxygen atoms in total. The maximum atomic E-state index is 11.0. The SMILES string of the molecule is O=S(=O)(Cl)c1nc(-c2ncccc2Br)n[nH]1. The lowest BCUT2D eigenvalue weighted by Crippen LogP contribution is -1.93. The van der Waals surface area contributed by atoms with Gasteiger partial charge < -0.3 is 0 Å². The molecule has 1 N–H and O–H groups in total.